The topological polar surface area (TPSA) is 66.4 Å². The van der Waals surface area contributed by atoms with Crippen LogP contribution in [0.1, 0.15) is 59.6 Å². The number of hydrogen-bond donors (Lipinski definition) is 2. The molecule has 0 spiro atoms. The number of rotatable bonds is 5. The fourth-order valence-corrected chi connectivity index (χ4v) is 3.82. The van der Waals surface area contributed by atoms with E-state index in [2.05, 4.69) is 5.32 Å². The molecule has 116 valence electrons. The Hall–Kier alpha value is -1.36. The second kappa shape index (κ2) is 7.07. The van der Waals surface area contributed by atoms with Gasteiger partial charge in [-0.1, -0.05) is 20.3 Å². The Bertz CT molecular complexity index is 498. The zero-order valence-electron chi connectivity index (χ0n) is 12.6. The van der Waals surface area contributed by atoms with E-state index in [0.29, 0.717) is 0 Å². The number of carbonyl (C=O) groups excluding carboxylic acids is 1. The van der Waals surface area contributed by atoms with Gasteiger partial charge in [0.25, 0.3) is 5.91 Å². The summed E-state index contributed by atoms with van der Waals surface area (Å²) >= 11 is 1.57. The molecule has 0 radical (unpaired) electrons. The van der Waals surface area contributed by atoms with E-state index >= 15 is 0 Å². The molecule has 2 rings (SSSR count). The minimum Gasteiger partial charge on any atom is -0.481 e. The molecule has 5 heteroatoms. The third-order valence-corrected chi connectivity index (χ3v) is 5.22. The molecule has 21 heavy (non-hydrogen) atoms. The fraction of sp³-hybridized carbons (Fsp3) is 0.625. The van der Waals surface area contributed by atoms with Crippen molar-refractivity contribution in [1.82, 2.24) is 5.32 Å². The van der Waals surface area contributed by atoms with E-state index in [1.54, 1.807) is 11.3 Å². The first-order chi connectivity index (χ1) is 9.97. The Kier molecular flexibility index (Phi) is 5.39. The van der Waals surface area contributed by atoms with Crippen molar-refractivity contribution in [2.75, 3.05) is 0 Å². The number of fused-ring (bicyclic) bond motifs is 1. The largest absolute Gasteiger partial charge is 0.481 e. The van der Waals surface area contributed by atoms with Crippen LogP contribution in [0.15, 0.2) is 6.07 Å². The lowest BCUT2D eigenvalue weighted by molar-refractivity contribution is -0.137. The molecule has 1 aromatic rings. The van der Waals surface area contributed by atoms with Gasteiger partial charge in [-0.3, -0.25) is 9.59 Å². The average Bonchev–Trinajstić information content (AvgIpc) is 2.69. The van der Waals surface area contributed by atoms with Crippen molar-refractivity contribution in [2.24, 2.45) is 5.92 Å². The summed E-state index contributed by atoms with van der Waals surface area (Å²) in [7, 11) is 0. The number of aryl methyl sites for hydroxylation is 2. The predicted molar refractivity (Wildman–Crippen MR) is 83.9 cm³/mol. The summed E-state index contributed by atoms with van der Waals surface area (Å²) in [6, 6.07) is 1.68. The molecule has 1 amide bonds. The molecule has 1 aromatic heterocycles. The van der Waals surface area contributed by atoms with E-state index in [0.717, 1.165) is 17.7 Å². The van der Waals surface area contributed by atoms with E-state index in [4.69, 9.17) is 5.11 Å². The van der Waals surface area contributed by atoms with Gasteiger partial charge >= 0.3 is 5.97 Å². The van der Waals surface area contributed by atoms with Crippen molar-refractivity contribution < 1.29 is 14.7 Å². The highest BCUT2D eigenvalue weighted by molar-refractivity contribution is 7.14. The number of amides is 1. The lowest BCUT2D eigenvalue weighted by Crippen LogP contribution is -2.39. The van der Waals surface area contributed by atoms with E-state index in [1.807, 2.05) is 19.9 Å². The van der Waals surface area contributed by atoms with Crippen molar-refractivity contribution in [3.05, 3.63) is 21.4 Å². The van der Waals surface area contributed by atoms with Crippen LogP contribution in [0.3, 0.4) is 0 Å². The van der Waals surface area contributed by atoms with E-state index < -0.39 is 5.97 Å². The quantitative estimate of drug-likeness (QED) is 0.821. The van der Waals surface area contributed by atoms with E-state index in [1.165, 1.54) is 29.7 Å². The van der Waals surface area contributed by atoms with Crippen LogP contribution in [0, 0.1) is 5.92 Å². The van der Waals surface area contributed by atoms with Crippen LogP contribution < -0.4 is 5.32 Å². The molecule has 1 atom stereocenters. The zero-order chi connectivity index (χ0) is 15.4. The first-order valence-electron chi connectivity index (χ1n) is 7.61. The number of carboxylic acid groups (broad SMARTS) is 1. The third kappa shape index (κ3) is 4.30. The van der Waals surface area contributed by atoms with Gasteiger partial charge in [0.05, 0.1) is 11.3 Å². The number of aliphatic carboxylic acids is 1. The normalized spacial score (nSPS) is 16.1. The molecule has 0 saturated carbocycles. The van der Waals surface area contributed by atoms with Gasteiger partial charge in [-0.2, -0.15) is 0 Å². The smallest absolute Gasteiger partial charge is 0.305 e. The number of nitrogens with one attached hydrogen (secondary N) is 1. The van der Waals surface area contributed by atoms with Gasteiger partial charge in [0.15, 0.2) is 0 Å². The number of carbonyl (C=O) groups is 2. The van der Waals surface area contributed by atoms with Crippen molar-refractivity contribution in [3.63, 3.8) is 0 Å². The number of hydrogen-bond acceptors (Lipinski definition) is 3. The second-order valence-electron chi connectivity index (χ2n) is 6.04. The minimum absolute atomic E-state index is 0.0332. The van der Waals surface area contributed by atoms with Crippen LogP contribution >= 0.6 is 11.3 Å². The maximum Gasteiger partial charge on any atom is 0.305 e. The first kappa shape index (κ1) is 16.0. The van der Waals surface area contributed by atoms with Gasteiger partial charge in [-0.15, -0.1) is 11.3 Å². The molecule has 0 aliphatic heterocycles. The van der Waals surface area contributed by atoms with Gasteiger partial charge < -0.3 is 10.4 Å². The Morgan fingerprint density at radius 2 is 2.00 bits per heavy atom. The fourth-order valence-electron chi connectivity index (χ4n) is 2.66. The molecule has 1 unspecified atom stereocenters. The number of carboxylic acids is 1. The van der Waals surface area contributed by atoms with Gasteiger partial charge in [-0.05, 0) is 43.2 Å². The summed E-state index contributed by atoms with van der Waals surface area (Å²) in [5.41, 5.74) is 1.31. The van der Waals surface area contributed by atoms with Gasteiger partial charge in [0.1, 0.15) is 0 Å². The summed E-state index contributed by atoms with van der Waals surface area (Å²) in [6.45, 7) is 3.86. The van der Waals surface area contributed by atoms with Crippen LogP contribution in [0.25, 0.3) is 0 Å². The molecule has 0 bridgehead atoms. The minimum atomic E-state index is -0.879. The lowest BCUT2D eigenvalue weighted by Gasteiger charge is -2.20. The van der Waals surface area contributed by atoms with Crippen molar-refractivity contribution >= 4 is 23.2 Å². The Balaban J connectivity index is 2.07. The van der Waals surface area contributed by atoms with Crippen LogP contribution in [0.2, 0.25) is 0 Å². The molecule has 4 nitrogen and oxygen atoms in total. The standard InChI is InChI=1S/C16H23NO3S/c1-10(2)12(9-15(18)19)17-16(20)14-8-11-6-4-3-5-7-13(11)21-14/h8,10,12H,3-7,9H2,1-2H3,(H,17,20)(H,18,19). The molecule has 2 N–H and O–H groups in total. The Morgan fingerprint density at radius 1 is 1.29 bits per heavy atom. The van der Waals surface area contributed by atoms with Crippen LogP contribution in [-0.2, 0) is 17.6 Å². The lowest BCUT2D eigenvalue weighted by atomic mass is 10.0. The second-order valence-corrected chi connectivity index (χ2v) is 7.18. The molecule has 0 saturated heterocycles. The van der Waals surface area contributed by atoms with Crippen molar-refractivity contribution in [3.8, 4) is 0 Å². The highest BCUT2D eigenvalue weighted by Crippen LogP contribution is 2.29. The van der Waals surface area contributed by atoms with Gasteiger partial charge in [-0.25, -0.2) is 0 Å². The van der Waals surface area contributed by atoms with Crippen molar-refractivity contribution in [2.45, 2.75) is 58.4 Å². The third-order valence-electron chi connectivity index (χ3n) is 3.99. The highest BCUT2D eigenvalue weighted by Gasteiger charge is 2.22. The summed E-state index contributed by atoms with van der Waals surface area (Å²) in [6.07, 6.45) is 5.74. The van der Waals surface area contributed by atoms with Crippen LogP contribution in [-0.4, -0.2) is 23.0 Å². The number of thiophene rings is 1. The highest BCUT2D eigenvalue weighted by atomic mass is 32.1. The average molecular weight is 309 g/mol. The zero-order valence-corrected chi connectivity index (χ0v) is 13.5. The SMILES string of the molecule is CC(C)C(CC(=O)O)NC(=O)c1cc2c(s1)CCCCC2. The molecule has 1 aliphatic carbocycles. The predicted octanol–water partition coefficient (Wildman–Crippen LogP) is 3.25. The summed E-state index contributed by atoms with van der Waals surface area (Å²) in [5.74, 6) is -0.910. The van der Waals surface area contributed by atoms with Crippen LogP contribution in [0.4, 0.5) is 0 Å². The summed E-state index contributed by atoms with van der Waals surface area (Å²) in [5, 5.41) is 11.8. The molecule has 0 aromatic carbocycles. The molecular formula is C16H23NO3S. The van der Waals surface area contributed by atoms with Crippen LogP contribution in [0.5, 0.6) is 0 Å². The van der Waals surface area contributed by atoms with Gasteiger partial charge in [0, 0.05) is 10.9 Å². The first-order valence-corrected chi connectivity index (χ1v) is 8.43. The van der Waals surface area contributed by atoms with E-state index in [9.17, 15) is 9.59 Å². The Morgan fingerprint density at radius 3 is 2.67 bits per heavy atom. The molecule has 1 heterocycles. The maximum atomic E-state index is 12.4. The van der Waals surface area contributed by atoms with Gasteiger partial charge in [0.2, 0.25) is 0 Å². The molecule has 0 fully saturated rings. The summed E-state index contributed by atoms with van der Waals surface area (Å²) < 4.78 is 0. The Labute approximate surface area is 129 Å². The maximum absolute atomic E-state index is 12.4. The van der Waals surface area contributed by atoms with Crippen molar-refractivity contribution in [1.29, 1.82) is 0 Å². The van der Waals surface area contributed by atoms with E-state index in [-0.39, 0.29) is 24.3 Å². The summed E-state index contributed by atoms with van der Waals surface area (Å²) in [4.78, 5) is 25.3. The molecule has 1 aliphatic rings. The monoisotopic (exact) mass is 309 g/mol. The molecular weight excluding hydrogens is 286 g/mol.